The van der Waals surface area contributed by atoms with E-state index in [1.54, 1.807) is 6.08 Å². The van der Waals surface area contributed by atoms with Gasteiger partial charge in [-0.15, -0.1) is 6.58 Å². The summed E-state index contributed by atoms with van der Waals surface area (Å²) in [6, 6.07) is 0. The lowest BCUT2D eigenvalue weighted by atomic mass is 10.5. The Bertz CT molecular complexity index is 357. The van der Waals surface area contributed by atoms with Crippen molar-refractivity contribution in [3.63, 3.8) is 0 Å². The lowest BCUT2D eigenvalue weighted by Gasteiger charge is -2.06. The van der Waals surface area contributed by atoms with Gasteiger partial charge in [0.15, 0.2) is 0 Å². The molecule has 0 aliphatic carbocycles. The Morgan fingerprint density at radius 1 is 0.952 bits per heavy atom. The number of ether oxygens (including phenoxy) is 2. The van der Waals surface area contributed by atoms with Crippen LogP contribution in [0.5, 0.6) is 0 Å². The zero-order valence-electron chi connectivity index (χ0n) is 11.8. The van der Waals surface area contributed by atoms with E-state index in [4.69, 9.17) is 4.79 Å². The van der Waals surface area contributed by atoms with Gasteiger partial charge in [0.25, 0.3) is 0 Å². The second-order valence-corrected chi connectivity index (χ2v) is 3.26. The molecule has 21 heavy (non-hydrogen) atoms. The van der Waals surface area contributed by atoms with Crippen molar-refractivity contribution in [3.8, 4) is 0 Å². The molecule has 0 radical (unpaired) electrons. The van der Waals surface area contributed by atoms with Crippen LogP contribution in [-0.2, 0) is 28.7 Å². The third-order valence-electron chi connectivity index (χ3n) is 1.79. The maximum absolute atomic E-state index is 11.1. The van der Waals surface area contributed by atoms with E-state index in [1.807, 2.05) is 6.79 Å². The minimum atomic E-state index is -1.09. The van der Waals surface area contributed by atoms with Crippen LogP contribution in [0, 0.1) is 0 Å². The highest BCUT2D eigenvalue weighted by atomic mass is 16.6. The molecule has 2 N–H and O–H groups in total. The third-order valence-corrected chi connectivity index (χ3v) is 1.79. The fraction of sp³-hybridized carbons (Fsp3) is 0.385. The molecule has 0 unspecified atom stereocenters. The molecule has 8 heteroatoms. The Kier molecular flexibility index (Phi) is 15.5. The Hall–Kier alpha value is -2.48. The van der Waals surface area contributed by atoms with E-state index in [2.05, 4.69) is 33.3 Å². The summed E-state index contributed by atoms with van der Waals surface area (Å²) in [5.41, 5.74) is 0. The van der Waals surface area contributed by atoms with Crippen LogP contribution in [-0.4, -0.2) is 57.5 Å². The predicted octanol–water partition coefficient (Wildman–Crippen LogP) is -1.03. The van der Waals surface area contributed by atoms with Crippen molar-refractivity contribution < 1.29 is 28.7 Å². The van der Waals surface area contributed by atoms with Crippen LogP contribution in [0.1, 0.15) is 0 Å². The van der Waals surface area contributed by atoms with Crippen LogP contribution in [0.15, 0.2) is 25.3 Å². The van der Waals surface area contributed by atoms with Gasteiger partial charge < -0.3 is 24.9 Å². The Balaban J connectivity index is 0. The summed E-state index contributed by atoms with van der Waals surface area (Å²) in [7, 11) is 0. The molecule has 0 aromatic heterocycles. The summed E-state index contributed by atoms with van der Waals surface area (Å²) in [5, 5.41) is 5.28. The molecule has 0 spiro atoms. The Labute approximate surface area is 123 Å². The first-order valence-corrected chi connectivity index (χ1v) is 5.96. The highest BCUT2D eigenvalue weighted by Crippen LogP contribution is 1.84. The summed E-state index contributed by atoms with van der Waals surface area (Å²) in [6.07, 6.45) is 2.75. The summed E-state index contributed by atoms with van der Waals surface area (Å²) in [5.74, 6) is -2.53. The molecule has 0 aromatic rings. The molecule has 0 aliphatic heterocycles. The minimum absolute atomic E-state index is 0.0645. The van der Waals surface area contributed by atoms with Crippen molar-refractivity contribution in [1.82, 2.24) is 10.6 Å². The minimum Gasteiger partial charge on any atom is -0.456 e. The summed E-state index contributed by atoms with van der Waals surface area (Å²) in [4.78, 5) is 41.0. The van der Waals surface area contributed by atoms with E-state index in [-0.39, 0.29) is 25.7 Å². The van der Waals surface area contributed by atoms with E-state index in [1.165, 1.54) is 0 Å². The molecule has 0 saturated carbocycles. The zero-order chi connectivity index (χ0) is 16.5. The second-order valence-electron chi connectivity index (χ2n) is 3.26. The van der Waals surface area contributed by atoms with Gasteiger partial charge in [0.05, 0.1) is 6.54 Å². The monoisotopic (exact) mass is 300 g/mol. The zero-order valence-corrected chi connectivity index (χ0v) is 11.8. The normalized spacial score (nSPS) is 8.57. The van der Waals surface area contributed by atoms with Crippen LogP contribution in [0.25, 0.3) is 0 Å². The van der Waals surface area contributed by atoms with Gasteiger partial charge in [-0.1, -0.05) is 12.7 Å². The molecule has 0 saturated heterocycles. The average Bonchev–Trinajstić information content (AvgIpc) is 2.52. The average molecular weight is 300 g/mol. The largest absolute Gasteiger partial charge is 0.456 e. The first-order chi connectivity index (χ1) is 10.1. The number of carbonyl (C=O) groups excluding carboxylic acids is 4. The highest BCUT2D eigenvalue weighted by Gasteiger charge is 2.16. The fourth-order valence-electron chi connectivity index (χ4n) is 0.928. The summed E-state index contributed by atoms with van der Waals surface area (Å²) >= 11 is 0. The quantitative estimate of drug-likeness (QED) is 0.184. The van der Waals surface area contributed by atoms with E-state index >= 15 is 0 Å². The van der Waals surface area contributed by atoms with Gasteiger partial charge >= 0.3 is 11.9 Å². The van der Waals surface area contributed by atoms with Gasteiger partial charge in [0, 0.05) is 13.1 Å². The topological polar surface area (TPSA) is 111 Å². The standard InChI is InChI=1S/C12H18N2O5.CH2O/c1-3-5-13-6-8-18-11(16)12(17)19-9-7-14-10(15)4-2;1-2/h3-4,13H,1-2,5-9H2,(H,14,15);1H2. The van der Waals surface area contributed by atoms with E-state index in [0.717, 1.165) is 6.08 Å². The molecule has 0 bridgehead atoms. The number of rotatable bonds is 9. The van der Waals surface area contributed by atoms with Crippen LogP contribution in [0.4, 0.5) is 0 Å². The summed E-state index contributed by atoms with van der Waals surface area (Å²) < 4.78 is 9.21. The first kappa shape index (κ1) is 20.8. The van der Waals surface area contributed by atoms with Gasteiger partial charge in [-0.2, -0.15) is 0 Å². The van der Waals surface area contributed by atoms with Gasteiger partial charge in [-0.05, 0) is 6.08 Å². The smallest absolute Gasteiger partial charge is 0.417 e. The molecule has 118 valence electrons. The number of nitrogens with one attached hydrogen (secondary N) is 2. The Morgan fingerprint density at radius 2 is 1.48 bits per heavy atom. The molecule has 0 aromatic carbocycles. The lowest BCUT2D eigenvalue weighted by Crippen LogP contribution is -2.29. The molecule has 0 aliphatic rings. The molecular formula is C13H20N2O6. The van der Waals surface area contributed by atoms with Crippen molar-refractivity contribution in [2.45, 2.75) is 0 Å². The van der Waals surface area contributed by atoms with Crippen LogP contribution in [0.2, 0.25) is 0 Å². The highest BCUT2D eigenvalue weighted by molar-refractivity contribution is 6.29. The first-order valence-electron chi connectivity index (χ1n) is 5.96. The van der Waals surface area contributed by atoms with Crippen molar-refractivity contribution >= 4 is 24.6 Å². The van der Waals surface area contributed by atoms with Crippen LogP contribution >= 0.6 is 0 Å². The van der Waals surface area contributed by atoms with E-state index in [9.17, 15) is 14.4 Å². The molecule has 0 heterocycles. The maximum atomic E-state index is 11.1. The molecular weight excluding hydrogens is 280 g/mol. The maximum Gasteiger partial charge on any atom is 0.417 e. The lowest BCUT2D eigenvalue weighted by molar-refractivity contribution is -0.167. The predicted molar refractivity (Wildman–Crippen MR) is 75.3 cm³/mol. The molecule has 8 nitrogen and oxygen atoms in total. The SMILES string of the molecule is C=CCNCCOC(=O)C(=O)OCCNC(=O)C=C.C=O. The number of carbonyl (C=O) groups is 4. The summed E-state index contributed by atoms with van der Waals surface area (Å²) in [6.45, 7) is 9.82. The number of hydrogen-bond acceptors (Lipinski definition) is 7. The van der Waals surface area contributed by atoms with Gasteiger partial charge in [0.2, 0.25) is 5.91 Å². The van der Waals surface area contributed by atoms with Crippen molar-refractivity contribution in [2.75, 3.05) is 32.8 Å². The van der Waals surface area contributed by atoms with Crippen molar-refractivity contribution in [1.29, 1.82) is 0 Å². The Morgan fingerprint density at radius 3 is 1.95 bits per heavy atom. The number of amides is 1. The van der Waals surface area contributed by atoms with Crippen molar-refractivity contribution in [3.05, 3.63) is 25.3 Å². The van der Waals surface area contributed by atoms with Gasteiger partial charge in [0.1, 0.15) is 20.0 Å². The van der Waals surface area contributed by atoms with Gasteiger partial charge in [-0.25, -0.2) is 9.59 Å². The van der Waals surface area contributed by atoms with E-state index < -0.39 is 11.9 Å². The fourth-order valence-corrected chi connectivity index (χ4v) is 0.928. The molecule has 0 rings (SSSR count). The van der Waals surface area contributed by atoms with Gasteiger partial charge in [-0.3, -0.25) is 4.79 Å². The van der Waals surface area contributed by atoms with E-state index in [0.29, 0.717) is 13.1 Å². The van der Waals surface area contributed by atoms with Crippen LogP contribution < -0.4 is 10.6 Å². The third kappa shape index (κ3) is 13.7. The molecule has 0 fully saturated rings. The molecule has 0 atom stereocenters. The van der Waals surface area contributed by atoms with Crippen molar-refractivity contribution in [2.24, 2.45) is 0 Å². The number of esters is 2. The van der Waals surface area contributed by atoms with Crippen LogP contribution in [0.3, 0.4) is 0 Å². The second kappa shape index (κ2) is 15.6. The number of hydrogen-bond donors (Lipinski definition) is 2. The molecule has 1 amide bonds.